The van der Waals surface area contributed by atoms with Crippen molar-refractivity contribution in [1.82, 2.24) is 25.2 Å². The van der Waals surface area contributed by atoms with Crippen molar-refractivity contribution in [1.29, 1.82) is 0 Å². The highest BCUT2D eigenvalue weighted by atomic mass is 16.2. The van der Waals surface area contributed by atoms with Crippen molar-refractivity contribution in [3.05, 3.63) is 40.1 Å². The summed E-state index contributed by atoms with van der Waals surface area (Å²) in [4.78, 5) is 34.8. The number of fused-ring (bicyclic) bond motifs is 2. The molecular formula is C22H29N7O2. The van der Waals surface area contributed by atoms with Crippen molar-refractivity contribution in [2.24, 2.45) is 0 Å². The maximum atomic E-state index is 13.5. The summed E-state index contributed by atoms with van der Waals surface area (Å²) < 4.78 is 1.70. The van der Waals surface area contributed by atoms with Gasteiger partial charge in [0.1, 0.15) is 35.0 Å². The van der Waals surface area contributed by atoms with E-state index in [0.717, 1.165) is 69.4 Å². The molecule has 1 spiro atoms. The quantitative estimate of drug-likeness (QED) is 0.596. The van der Waals surface area contributed by atoms with Gasteiger partial charge in [0, 0.05) is 12.1 Å². The van der Waals surface area contributed by atoms with Crippen LogP contribution in [-0.4, -0.2) is 39.6 Å². The summed E-state index contributed by atoms with van der Waals surface area (Å²) in [5.41, 5.74) is 0.900. The van der Waals surface area contributed by atoms with Gasteiger partial charge in [0.05, 0.1) is 0 Å². The highest BCUT2D eigenvalue weighted by molar-refractivity contribution is 5.97. The van der Waals surface area contributed by atoms with Gasteiger partial charge in [0.2, 0.25) is 0 Å². The molecule has 1 saturated heterocycles. The van der Waals surface area contributed by atoms with Crippen LogP contribution < -0.4 is 26.8 Å². The van der Waals surface area contributed by atoms with Crippen LogP contribution in [0.2, 0.25) is 0 Å². The van der Waals surface area contributed by atoms with Gasteiger partial charge in [0.25, 0.3) is 11.5 Å². The van der Waals surface area contributed by atoms with E-state index in [0.29, 0.717) is 23.2 Å². The average Bonchev–Trinajstić information content (AvgIpc) is 3.05. The molecule has 1 saturated carbocycles. The minimum Gasteiger partial charge on any atom is -0.367 e. The molecule has 9 heteroatoms. The van der Waals surface area contributed by atoms with Crippen LogP contribution in [0.4, 0.5) is 17.3 Å². The van der Waals surface area contributed by atoms with Gasteiger partial charge < -0.3 is 21.3 Å². The normalized spacial score (nSPS) is 20.4. The Morgan fingerprint density at radius 2 is 1.81 bits per heavy atom. The lowest BCUT2D eigenvalue weighted by atomic mass is 9.89. The number of carbonyl (C=O) groups is 1. The highest BCUT2D eigenvalue weighted by Gasteiger charge is 2.45. The molecule has 2 aromatic heterocycles. The molecule has 2 fully saturated rings. The van der Waals surface area contributed by atoms with E-state index >= 15 is 0 Å². The van der Waals surface area contributed by atoms with Gasteiger partial charge in [-0.25, -0.2) is 9.97 Å². The second-order valence-electron chi connectivity index (χ2n) is 8.86. The van der Waals surface area contributed by atoms with Gasteiger partial charge in [-0.15, -0.1) is 0 Å². The summed E-state index contributed by atoms with van der Waals surface area (Å²) in [6.45, 7) is 3.86. The summed E-state index contributed by atoms with van der Waals surface area (Å²) >= 11 is 0. The van der Waals surface area contributed by atoms with Gasteiger partial charge in [-0.1, -0.05) is 6.42 Å². The van der Waals surface area contributed by atoms with E-state index in [1.807, 2.05) is 13.0 Å². The molecule has 4 N–H and O–H groups in total. The van der Waals surface area contributed by atoms with E-state index in [1.54, 1.807) is 10.6 Å². The Morgan fingerprint density at radius 1 is 1.06 bits per heavy atom. The summed E-state index contributed by atoms with van der Waals surface area (Å²) in [7, 11) is 0. The third-order valence-corrected chi connectivity index (χ3v) is 6.68. The highest BCUT2D eigenvalue weighted by Crippen LogP contribution is 2.37. The molecule has 1 amide bonds. The molecule has 2 aliphatic heterocycles. The number of anilines is 3. The lowest BCUT2D eigenvalue weighted by Gasteiger charge is -2.35. The first-order valence-electron chi connectivity index (χ1n) is 11.2. The third kappa shape index (κ3) is 3.67. The van der Waals surface area contributed by atoms with Gasteiger partial charge >= 0.3 is 0 Å². The van der Waals surface area contributed by atoms with Crippen LogP contribution in [-0.2, 0) is 5.66 Å². The Balaban J connectivity index is 1.45. The van der Waals surface area contributed by atoms with Crippen LogP contribution in [0.15, 0.2) is 23.3 Å². The number of aryl methyl sites for hydroxylation is 1. The molecule has 9 nitrogen and oxygen atoms in total. The summed E-state index contributed by atoms with van der Waals surface area (Å²) in [5, 5.41) is 13.1. The second kappa shape index (κ2) is 7.96. The molecule has 0 aromatic carbocycles. The number of nitrogens with one attached hydrogen (secondary N) is 4. The van der Waals surface area contributed by atoms with Gasteiger partial charge in [-0.05, 0) is 70.2 Å². The van der Waals surface area contributed by atoms with E-state index < -0.39 is 5.66 Å². The predicted octanol–water partition coefficient (Wildman–Crippen LogP) is 2.21. The number of amides is 1. The Kier molecular flexibility index (Phi) is 5.13. The van der Waals surface area contributed by atoms with Crippen LogP contribution in [0, 0.1) is 6.92 Å². The van der Waals surface area contributed by atoms with Crippen LogP contribution in [0.1, 0.15) is 61.0 Å². The molecule has 0 atom stereocenters. The monoisotopic (exact) mass is 423 g/mol. The number of aromatic nitrogens is 3. The number of hydrogen-bond donors (Lipinski definition) is 4. The number of piperidine rings is 1. The van der Waals surface area contributed by atoms with E-state index in [2.05, 4.69) is 31.2 Å². The Bertz CT molecular complexity index is 1050. The molecule has 31 heavy (non-hydrogen) atoms. The maximum Gasteiger partial charge on any atom is 0.276 e. The number of nitrogens with zero attached hydrogens (tertiary/aromatic N) is 3. The third-order valence-electron chi connectivity index (χ3n) is 6.68. The van der Waals surface area contributed by atoms with Crippen molar-refractivity contribution in [3.8, 4) is 0 Å². The smallest absolute Gasteiger partial charge is 0.276 e. The molecule has 164 valence electrons. The van der Waals surface area contributed by atoms with Gasteiger partial charge in [-0.3, -0.25) is 14.2 Å². The molecule has 3 aliphatic rings. The molecule has 5 rings (SSSR count). The summed E-state index contributed by atoms with van der Waals surface area (Å²) in [6, 6.07) is 3.95. The van der Waals surface area contributed by atoms with Crippen molar-refractivity contribution in [3.63, 3.8) is 0 Å². The van der Waals surface area contributed by atoms with Crippen LogP contribution in [0.25, 0.3) is 0 Å². The second-order valence-corrected chi connectivity index (χ2v) is 8.86. The van der Waals surface area contributed by atoms with E-state index in [-0.39, 0.29) is 11.5 Å². The topological polar surface area (TPSA) is 113 Å². The number of pyridine rings is 1. The number of carbonyl (C=O) groups excluding carboxylic acids is 1. The van der Waals surface area contributed by atoms with Crippen LogP contribution in [0.5, 0.6) is 0 Å². The number of rotatable bonds is 4. The maximum absolute atomic E-state index is 13.5. The Labute approximate surface area is 181 Å². The Hall–Kier alpha value is -2.94. The largest absolute Gasteiger partial charge is 0.367 e. The minimum absolute atomic E-state index is 0.154. The van der Waals surface area contributed by atoms with Crippen molar-refractivity contribution >= 4 is 23.2 Å². The Morgan fingerprint density at radius 3 is 2.58 bits per heavy atom. The van der Waals surface area contributed by atoms with Gasteiger partial charge in [-0.2, -0.15) is 0 Å². The number of hydrogen-bond acceptors (Lipinski definition) is 7. The van der Waals surface area contributed by atoms with Crippen LogP contribution in [0.3, 0.4) is 0 Å². The van der Waals surface area contributed by atoms with E-state index in [4.69, 9.17) is 0 Å². The minimum atomic E-state index is -0.600. The summed E-state index contributed by atoms with van der Waals surface area (Å²) in [5.74, 6) is 1.14. The summed E-state index contributed by atoms with van der Waals surface area (Å²) in [6.07, 6.45) is 8.28. The van der Waals surface area contributed by atoms with E-state index in [1.165, 1.54) is 6.33 Å². The fourth-order valence-electron chi connectivity index (χ4n) is 5.15. The first kappa shape index (κ1) is 20.0. The molecule has 1 aliphatic carbocycles. The molecule has 0 radical (unpaired) electrons. The lowest BCUT2D eigenvalue weighted by molar-refractivity contribution is 0.0876. The molecular weight excluding hydrogens is 394 g/mol. The van der Waals surface area contributed by atoms with Crippen molar-refractivity contribution in [2.45, 2.75) is 63.6 Å². The molecule has 4 heterocycles. The average molecular weight is 424 g/mol. The van der Waals surface area contributed by atoms with Crippen molar-refractivity contribution < 1.29 is 4.79 Å². The van der Waals surface area contributed by atoms with Gasteiger partial charge in [0.15, 0.2) is 0 Å². The molecule has 0 bridgehead atoms. The molecule has 0 unspecified atom stereocenters. The SMILES string of the molecule is Cc1cc(Nc2cc(NC3CCNCC3)ncn2)c(=O)n2c1C(=O)NC21CCCCC1. The standard InChI is InChI=1S/C22H29N7O2/c1-14-11-16(21(31)29-19(14)20(30)28-22(29)7-3-2-4-8-22)27-18-12-17(24-13-25-18)26-15-5-9-23-10-6-15/h11-13,15,23H,2-10H2,1H3,(H,28,30)(H2,24,25,26,27). The first-order valence-corrected chi connectivity index (χ1v) is 11.2. The zero-order valence-electron chi connectivity index (χ0n) is 17.8. The zero-order chi connectivity index (χ0) is 21.4. The lowest BCUT2D eigenvalue weighted by Crippen LogP contribution is -2.48. The first-order chi connectivity index (χ1) is 15.1. The van der Waals surface area contributed by atoms with Crippen molar-refractivity contribution in [2.75, 3.05) is 23.7 Å². The molecule has 2 aromatic rings. The fraction of sp³-hybridized carbons (Fsp3) is 0.545. The van der Waals surface area contributed by atoms with E-state index in [9.17, 15) is 9.59 Å². The fourth-order valence-corrected chi connectivity index (χ4v) is 5.15. The van der Waals surface area contributed by atoms with Crippen LogP contribution >= 0.6 is 0 Å². The zero-order valence-corrected chi connectivity index (χ0v) is 17.8. The predicted molar refractivity (Wildman–Crippen MR) is 119 cm³/mol.